The molecule has 3 N–H and O–H groups in total. The minimum absolute atomic E-state index is 0.00214. The van der Waals surface area contributed by atoms with Gasteiger partial charge in [-0.05, 0) is 25.5 Å². The van der Waals surface area contributed by atoms with Crippen molar-refractivity contribution in [2.45, 2.75) is 25.1 Å². The maximum Gasteiger partial charge on any atom is 0.350 e. The SMILES string of the molecule is CCS(=O)(=O)NCC#Cc1cn(C2CCCS2)c(=O)nc1N. The van der Waals surface area contributed by atoms with Gasteiger partial charge >= 0.3 is 5.69 Å². The van der Waals surface area contributed by atoms with Crippen molar-refractivity contribution in [2.24, 2.45) is 0 Å². The molecule has 1 unspecified atom stereocenters. The van der Waals surface area contributed by atoms with Gasteiger partial charge in [-0.3, -0.25) is 4.57 Å². The van der Waals surface area contributed by atoms with Gasteiger partial charge in [-0.25, -0.2) is 17.9 Å². The van der Waals surface area contributed by atoms with Crippen LogP contribution in [0.25, 0.3) is 0 Å². The molecule has 1 saturated heterocycles. The molecule has 0 aromatic carbocycles. The van der Waals surface area contributed by atoms with E-state index in [1.54, 1.807) is 29.4 Å². The first-order valence-corrected chi connectivity index (χ1v) is 9.59. The second kappa shape index (κ2) is 7.17. The van der Waals surface area contributed by atoms with Crippen molar-refractivity contribution in [3.8, 4) is 11.8 Å². The molecule has 1 aliphatic heterocycles. The van der Waals surface area contributed by atoms with Gasteiger partial charge in [0.1, 0.15) is 5.82 Å². The van der Waals surface area contributed by atoms with Gasteiger partial charge in [-0.2, -0.15) is 4.98 Å². The minimum atomic E-state index is -3.27. The molecule has 0 amide bonds. The van der Waals surface area contributed by atoms with Gasteiger partial charge in [-0.1, -0.05) is 11.8 Å². The van der Waals surface area contributed by atoms with Crippen LogP contribution in [0.2, 0.25) is 0 Å². The molecule has 0 saturated carbocycles. The molecule has 9 heteroatoms. The fraction of sp³-hybridized carbons (Fsp3) is 0.538. The summed E-state index contributed by atoms with van der Waals surface area (Å²) in [5, 5.41) is 0.0692. The fourth-order valence-electron chi connectivity index (χ4n) is 1.95. The average Bonchev–Trinajstić information content (AvgIpc) is 2.99. The fourth-order valence-corrected chi connectivity index (χ4v) is 3.70. The van der Waals surface area contributed by atoms with Crippen LogP contribution in [0, 0.1) is 11.8 Å². The second-order valence-electron chi connectivity index (χ2n) is 4.72. The molecule has 2 rings (SSSR count). The van der Waals surface area contributed by atoms with E-state index in [2.05, 4.69) is 21.5 Å². The van der Waals surface area contributed by atoms with Crippen LogP contribution in [-0.4, -0.2) is 36.0 Å². The molecular weight excluding hydrogens is 324 g/mol. The normalized spacial score (nSPS) is 18.0. The van der Waals surface area contributed by atoms with E-state index in [1.807, 2.05) is 0 Å². The lowest BCUT2D eigenvalue weighted by atomic mass is 10.3. The van der Waals surface area contributed by atoms with E-state index in [0.717, 1.165) is 18.6 Å². The van der Waals surface area contributed by atoms with E-state index in [9.17, 15) is 13.2 Å². The monoisotopic (exact) mass is 342 g/mol. The number of anilines is 1. The van der Waals surface area contributed by atoms with Crippen LogP contribution >= 0.6 is 11.8 Å². The molecule has 0 aliphatic carbocycles. The predicted molar refractivity (Wildman–Crippen MR) is 88.0 cm³/mol. The largest absolute Gasteiger partial charge is 0.382 e. The number of hydrogen-bond donors (Lipinski definition) is 2. The van der Waals surface area contributed by atoms with E-state index >= 15 is 0 Å². The molecule has 2 heterocycles. The van der Waals surface area contributed by atoms with E-state index in [0.29, 0.717) is 5.56 Å². The van der Waals surface area contributed by atoms with Gasteiger partial charge < -0.3 is 5.73 Å². The maximum atomic E-state index is 11.9. The molecule has 120 valence electrons. The first kappa shape index (κ1) is 16.9. The van der Waals surface area contributed by atoms with Crippen LogP contribution in [0.5, 0.6) is 0 Å². The lowest BCUT2D eigenvalue weighted by molar-refractivity contribution is 0.587. The molecule has 1 aromatic rings. The van der Waals surface area contributed by atoms with Crippen LogP contribution < -0.4 is 16.1 Å². The van der Waals surface area contributed by atoms with Crippen molar-refractivity contribution in [3.05, 3.63) is 22.2 Å². The van der Waals surface area contributed by atoms with Crippen molar-refractivity contribution in [2.75, 3.05) is 23.8 Å². The summed E-state index contributed by atoms with van der Waals surface area (Å²) in [7, 11) is -3.27. The van der Waals surface area contributed by atoms with Gasteiger partial charge in [0, 0.05) is 6.20 Å². The summed E-state index contributed by atoms with van der Waals surface area (Å²) in [6.45, 7) is 1.54. The smallest absolute Gasteiger partial charge is 0.350 e. The third kappa shape index (κ3) is 4.25. The van der Waals surface area contributed by atoms with Crippen LogP contribution in [0.3, 0.4) is 0 Å². The summed E-state index contributed by atoms with van der Waals surface area (Å²) < 4.78 is 26.5. The van der Waals surface area contributed by atoms with Gasteiger partial charge in [0.05, 0.1) is 23.2 Å². The third-order valence-electron chi connectivity index (χ3n) is 3.18. The molecule has 1 fully saturated rings. The lowest BCUT2D eigenvalue weighted by Gasteiger charge is -2.12. The summed E-state index contributed by atoms with van der Waals surface area (Å²) in [6, 6.07) is 0. The molecule has 0 radical (unpaired) electrons. The highest BCUT2D eigenvalue weighted by Gasteiger charge is 2.19. The number of sulfonamides is 1. The number of thioether (sulfide) groups is 1. The number of hydrogen-bond acceptors (Lipinski definition) is 6. The summed E-state index contributed by atoms with van der Waals surface area (Å²) in [5.74, 6) is 6.54. The van der Waals surface area contributed by atoms with Crippen molar-refractivity contribution >= 4 is 27.6 Å². The molecule has 0 spiro atoms. The first-order chi connectivity index (χ1) is 10.4. The van der Waals surface area contributed by atoms with Crippen LogP contribution in [-0.2, 0) is 10.0 Å². The van der Waals surface area contributed by atoms with Gasteiger partial charge in [0.15, 0.2) is 0 Å². The molecule has 0 bridgehead atoms. The van der Waals surface area contributed by atoms with Crippen LogP contribution in [0.15, 0.2) is 11.0 Å². The second-order valence-corrected chi connectivity index (χ2v) is 8.10. The Kier molecular flexibility index (Phi) is 5.50. The molecule has 1 aromatic heterocycles. The molecule has 22 heavy (non-hydrogen) atoms. The highest BCUT2D eigenvalue weighted by Crippen LogP contribution is 2.34. The summed E-state index contributed by atoms with van der Waals surface area (Å²) in [6.07, 6.45) is 3.58. The Morgan fingerprint density at radius 1 is 1.59 bits per heavy atom. The van der Waals surface area contributed by atoms with Crippen LogP contribution in [0.4, 0.5) is 5.82 Å². The lowest BCUT2D eigenvalue weighted by Crippen LogP contribution is -2.26. The van der Waals surface area contributed by atoms with Crippen molar-refractivity contribution in [1.29, 1.82) is 0 Å². The maximum absolute atomic E-state index is 11.9. The minimum Gasteiger partial charge on any atom is -0.382 e. The zero-order valence-electron chi connectivity index (χ0n) is 12.2. The summed E-state index contributed by atoms with van der Waals surface area (Å²) >= 11 is 1.70. The predicted octanol–water partition coefficient (Wildman–Crippen LogP) is 0.142. The highest BCUT2D eigenvalue weighted by molar-refractivity contribution is 7.99. The number of rotatable bonds is 4. The van der Waals surface area contributed by atoms with Gasteiger partial charge in [0.2, 0.25) is 10.0 Å². The average molecular weight is 342 g/mol. The van der Waals surface area contributed by atoms with Crippen molar-refractivity contribution in [3.63, 3.8) is 0 Å². The number of nitrogens with zero attached hydrogens (tertiary/aromatic N) is 2. The Balaban J connectivity index is 2.17. The Hall–Kier alpha value is -1.50. The van der Waals surface area contributed by atoms with E-state index in [1.165, 1.54) is 0 Å². The number of nitrogen functional groups attached to an aromatic ring is 1. The van der Waals surface area contributed by atoms with E-state index in [-0.39, 0.29) is 29.2 Å². The highest BCUT2D eigenvalue weighted by atomic mass is 32.2. The Morgan fingerprint density at radius 2 is 2.36 bits per heavy atom. The van der Waals surface area contributed by atoms with Crippen molar-refractivity contribution < 1.29 is 8.42 Å². The number of nitrogens with one attached hydrogen (secondary N) is 1. The zero-order valence-corrected chi connectivity index (χ0v) is 13.8. The quantitative estimate of drug-likeness (QED) is 0.754. The standard InChI is InChI=1S/C13H18N4O3S2/c1-2-22(19,20)15-7-3-5-10-9-17(11-6-4-8-21-11)13(18)16-12(10)14/h9,11,15H,2,4,6-8H2,1H3,(H2,14,16,18). The first-order valence-electron chi connectivity index (χ1n) is 6.89. The van der Waals surface area contributed by atoms with E-state index in [4.69, 9.17) is 5.73 Å². The summed E-state index contributed by atoms with van der Waals surface area (Å²) in [5.41, 5.74) is 5.76. The topological polar surface area (TPSA) is 107 Å². The molecule has 1 atom stereocenters. The van der Waals surface area contributed by atoms with Crippen LogP contribution in [0.1, 0.15) is 30.7 Å². The van der Waals surface area contributed by atoms with Gasteiger partial charge in [-0.15, -0.1) is 11.8 Å². The van der Waals surface area contributed by atoms with Crippen molar-refractivity contribution in [1.82, 2.24) is 14.3 Å². The molecule has 1 aliphatic rings. The number of nitrogens with two attached hydrogens (primary N) is 1. The van der Waals surface area contributed by atoms with Gasteiger partial charge in [0.25, 0.3) is 0 Å². The third-order valence-corrected chi connectivity index (χ3v) is 5.90. The molecule has 7 nitrogen and oxygen atoms in total. The zero-order chi connectivity index (χ0) is 16.2. The Morgan fingerprint density at radius 3 is 3.00 bits per heavy atom. The number of aromatic nitrogens is 2. The Bertz CT molecular complexity index is 756. The summed E-state index contributed by atoms with van der Waals surface area (Å²) in [4.78, 5) is 15.7. The Labute approximate surface area is 133 Å². The molecular formula is C13H18N4O3S2. The van der Waals surface area contributed by atoms with E-state index < -0.39 is 10.0 Å².